The van der Waals surface area contributed by atoms with Crippen molar-refractivity contribution in [2.75, 3.05) is 33.3 Å². The number of benzene rings is 1. The van der Waals surface area contributed by atoms with E-state index in [1.165, 1.54) is 0 Å². The van der Waals surface area contributed by atoms with Gasteiger partial charge in [-0.15, -0.1) is 12.4 Å². The number of carbonyl (C=O) groups is 2. The summed E-state index contributed by atoms with van der Waals surface area (Å²) >= 11 is 0. The summed E-state index contributed by atoms with van der Waals surface area (Å²) in [6, 6.07) is 9.35. The topological polar surface area (TPSA) is 70.7 Å². The van der Waals surface area contributed by atoms with Crippen LogP contribution in [0.25, 0.3) is 0 Å². The van der Waals surface area contributed by atoms with Crippen molar-refractivity contribution in [3.63, 3.8) is 0 Å². The predicted molar refractivity (Wildman–Crippen MR) is 90.9 cm³/mol. The van der Waals surface area contributed by atoms with Crippen LogP contribution in [0.5, 0.6) is 5.75 Å². The predicted octanol–water partition coefficient (Wildman–Crippen LogP) is 0.814. The molecule has 2 N–H and O–H groups in total. The Bertz CT molecular complexity index is 499. The molecule has 0 spiro atoms. The highest BCUT2D eigenvalue weighted by Gasteiger charge is 2.27. The average molecular weight is 342 g/mol. The summed E-state index contributed by atoms with van der Waals surface area (Å²) < 4.78 is 5.34. The highest BCUT2D eigenvalue weighted by Crippen LogP contribution is 2.16. The van der Waals surface area contributed by atoms with Gasteiger partial charge in [0.25, 0.3) is 5.91 Å². The second-order valence-electron chi connectivity index (χ2n) is 5.32. The third kappa shape index (κ3) is 6.08. The van der Waals surface area contributed by atoms with Gasteiger partial charge in [-0.1, -0.05) is 18.2 Å². The molecule has 23 heavy (non-hydrogen) atoms. The zero-order chi connectivity index (χ0) is 15.8. The maximum Gasteiger partial charge on any atom is 0.258 e. The SMILES string of the molecule is CNCC1CCCN1C(=O)CNC(=O)COc1ccccc1.Cl. The van der Waals surface area contributed by atoms with Gasteiger partial charge in [0.15, 0.2) is 6.61 Å². The van der Waals surface area contributed by atoms with Crippen molar-refractivity contribution in [3.05, 3.63) is 30.3 Å². The molecule has 6 nitrogen and oxygen atoms in total. The first-order valence-electron chi connectivity index (χ1n) is 7.59. The van der Waals surface area contributed by atoms with Crippen molar-refractivity contribution in [1.82, 2.24) is 15.5 Å². The molecule has 2 amide bonds. The van der Waals surface area contributed by atoms with Crippen LogP contribution < -0.4 is 15.4 Å². The second kappa shape index (κ2) is 10.1. The number of likely N-dealkylation sites (tertiary alicyclic amines) is 1. The molecule has 0 saturated carbocycles. The summed E-state index contributed by atoms with van der Waals surface area (Å²) in [4.78, 5) is 25.7. The lowest BCUT2D eigenvalue weighted by molar-refractivity contribution is -0.133. The van der Waals surface area contributed by atoms with Gasteiger partial charge < -0.3 is 20.3 Å². The number of likely N-dealkylation sites (N-methyl/N-ethyl adjacent to an activating group) is 1. The van der Waals surface area contributed by atoms with Crippen LogP contribution in [0.2, 0.25) is 0 Å². The number of amides is 2. The molecule has 128 valence electrons. The molecule has 0 aromatic heterocycles. The number of hydrogen-bond donors (Lipinski definition) is 2. The minimum atomic E-state index is -0.290. The van der Waals surface area contributed by atoms with Crippen molar-refractivity contribution in [2.24, 2.45) is 0 Å². The van der Waals surface area contributed by atoms with E-state index in [4.69, 9.17) is 4.74 Å². The lowest BCUT2D eigenvalue weighted by Crippen LogP contribution is -2.46. The van der Waals surface area contributed by atoms with Crippen LogP contribution in [0.4, 0.5) is 0 Å². The average Bonchev–Trinajstić information content (AvgIpc) is 3.00. The van der Waals surface area contributed by atoms with Gasteiger partial charge in [-0.25, -0.2) is 0 Å². The molecule has 1 saturated heterocycles. The Kier molecular flexibility index (Phi) is 8.43. The summed E-state index contributed by atoms with van der Waals surface area (Å²) in [5.74, 6) is 0.310. The first-order valence-corrected chi connectivity index (χ1v) is 7.59. The maximum absolute atomic E-state index is 12.2. The molecule has 1 atom stereocenters. The molecule has 1 aliphatic rings. The zero-order valence-corrected chi connectivity index (χ0v) is 14.1. The first kappa shape index (κ1) is 19.3. The van der Waals surface area contributed by atoms with Crippen LogP contribution in [0.1, 0.15) is 12.8 Å². The number of nitrogens with one attached hydrogen (secondary N) is 2. The molecule has 1 unspecified atom stereocenters. The Labute approximate surface area is 143 Å². The molecular formula is C16H24ClN3O3. The Hall–Kier alpha value is -1.79. The number of carbonyl (C=O) groups excluding carboxylic acids is 2. The van der Waals surface area contributed by atoms with E-state index in [9.17, 15) is 9.59 Å². The van der Waals surface area contributed by atoms with E-state index < -0.39 is 0 Å². The molecular weight excluding hydrogens is 318 g/mol. The van der Waals surface area contributed by atoms with Crippen LogP contribution in [0.15, 0.2) is 30.3 Å². The van der Waals surface area contributed by atoms with Gasteiger partial charge in [0.1, 0.15) is 5.75 Å². The molecule has 0 bridgehead atoms. The summed E-state index contributed by atoms with van der Waals surface area (Å²) in [6.45, 7) is 1.49. The number of nitrogens with zero attached hydrogens (tertiary/aromatic N) is 1. The lowest BCUT2D eigenvalue weighted by atomic mass is 10.2. The Morgan fingerprint density at radius 1 is 1.30 bits per heavy atom. The van der Waals surface area contributed by atoms with Crippen molar-refractivity contribution in [3.8, 4) is 5.75 Å². The summed E-state index contributed by atoms with van der Waals surface area (Å²) in [5, 5.41) is 5.71. The Morgan fingerprint density at radius 2 is 2.04 bits per heavy atom. The number of halogens is 1. The molecule has 1 aromatic carbocycles. The number of rotatable bonds is 7. The largest absolute Gasteiger partial charge is 0.484 e. The first-order chi connectivity index (χ1) is 10.7. The monoisotopic (exact) mass is 341 g/mol. The highest BCUT2D eigenvalue weighted by molar-refractivity contribution is 5.86. The van der Waals surface area contributed by atoms with Crippen LogP contribution >= 0.6 is 12.4 Å². The number of para-hydroxylation sites is 1. The third-order valence-corrected chi connectivity index (χ3v) is 3.69. The summed E-state index contributed by atoms with van der Waals surface area (Å²) in [6.07, 6.45) is 2.03. The quantitative estimate of drug-likeness (QED) is 0.770. The highest BCUT2D eigenvalue weighted by atomic mass is 35.5. The minimum absolute atomic E-state index is 0. The fraction of sp³-hybridized carbons (Fsp3) is 0.500. The molecule has 1 heterocycles. The smallest absolute Gasteiger partial charge is 0.258 e. The summed E-state index contributed by atoms with van der Waals surface area (Å²) in [7, 11) is 1.88. The fourth-order valence-corrected chi connectivity index (χ4v) is 2.60. The molecule has 1 fully saturated rings. The Morgan fingerprint density at radius 3 is 2.74 bits per heavy atom. The van der Waals surface area contributed by atoms with Gasteiger partial charge >= 0.3 is 0 Å². The van der Waals surface area contributed by atoms with E-state index in [2.05, 4.69) is 10.6 Å². The lowest BCUT2D eigenvalue weighted by Gasteiger charge is -2.24. The van der Waals surface area contributed by atoms with Crippen molar-refractivity contribution < 1.29 is 14.3 Å². The minimum Gasteiger partial charge on any atom is -0.484 e. The van der Waals surface area contributed by atoms with Crippen molar-refractivity contribution >= 4 is 24.2 Å². The molecule has 2 rings (SSSR count). The van der Waals surface area contributed by atoms with Crippen LogP contribution in [-0.4, -0.2) is 56.0 Å². The van der Waals surface area contributed by atoms with E-state index >= 15 is 0 Å². The fourth-order valence-electron chi connectivity index (χ4n) is 2.60. The van der Waals surface area contributed by atoms with Crippen molar-refractivity contribution in [1.29, 1.82) is 0 Å². The third-order valence-electron chi connectivity index (χ3n) is 3.69. The molecule has 1 aromatic rings. The van der Waals surface area contributed by atoms with Crippen LogP contribution in [-0.2, 0) is 9.59 Å². The van der Waals surface area contributed by atoms with Crippen LogP contribution in [0, 0.1) is 0 Å². The number of hydrogen-bond acceptors (Lipinski definition) is 4. The van der Waals surface area contributed by atoms with Gasteiger partial charge in [-0.3, -0.25) is 9.59 Å². The summed E-state index contributed by atoms with van der Waals surface area (Å²) in [5.41, 5.74) is 0. The van der Waals surface area contributed by atoms with Gasteiger partial charge in [0.2, 0.25) is 5.91 Å². The van der Waals surface area contributed by atoms with Crippen molar-refractivity contribution in [2.45, 2.75) is 18.9 Å². The number of ether oxygens (including phenoxy) is 1. The van der Waals surface area contributed by atoms with E-state index in [1.807, 2.05) is 30.1 Å². The normalized spacial score (nSPS) is 16.6. The molecule has 0 aliphatic carbocycles. The van der Waals surface area contributed by atoms with E-state index in [0.717, 1.165) is 25.9 Å². The Balaban J connectivity index is 0.00000264. The zero-order valence-electron chi connectivity index (χ0n) is 13.3. The second-order valence-corrected chi connectivity index (χ2v) is 5.32. The molecule has 1 aliphatic heterocycles. The van der Waals surface area contributed by atoms with Gasteiger partial charge in [-0.2, -0.15) is 0 Å². The van der Waals surface area contributed by atoms with Gasteiger partial charge in [-0.05, 0) is 32.0 Å². The van der Waals surface area contributed by atoms with Gasteiger partial charge in [0.05, 0.1) is 6.54 Å². The van der Waals surface area contributed by atoms with E-state index in [1.54, 1.807) is 12.1 Å². The van der Waals surface area contributed by atoms with E-state index in [0.29, 0.717) is 5.75 Å². The van der Waals surface area contributed by atoms with Gasteiger partial charge in [0, 0.05) is 19.1 Å². The molecule has 0 radical (unpaired) electrons. The standard InChI is InChI=1S/C16H23N3O3.ClH/c1-17-10-13-6-5-9-19(13)16(21)11-18-15(20)12-22-14-7-3-2-4-8-14;/h2-4,7-8,13,17H,5-6,9-12H2,1H3,(H,18,20);1H. The van der Waals surface area contributed by atoms with E-state index in [-0.39, 0.29) is 43.4 Å². The maximum atomic E-state index is 12.2. The molecule has 7 heteroatoms. The van der Waals surface area contributed by atoms with Crippen LogP contribution in [0.3, 0.4) is 0 Å².